The molecule has 0 amide bonds. The fourth-order valence-corrected chi connectivity index (χ4v) is 4.12. The fraction of sp³-hybridized carbons (Fsp3) is 0.0870. The van der Waals surface area contributed by atoms with Crippen LogP contribution in [-0.4, -0.2) is 21.6 Å². The van der Waals surface area contributed by atoms with Crippen molar-refractivity contribution in [2.45, 2.75) is 16.7 Å². The predicted octanol–water partition coefficient (Wildman–Crippen LogP) is 5.54. The van der Waals surface area contributed by atoms with Gasteiger partial charge >= 0.3 is 0 Å². The molecule has 0 radical (unpaired) electrons. The quantitative estimate of drug-likeness (QED) is 0.144. The molecule has 4 aromatic rings. The van der Waals surface area contributed by atoms with E-state index in [1.54, 1.807) is 24.3 Å². The van der Waals surface area contributed by atoms with E-state index in [0.717, 1.165) is 10.5 Å². The van der Waals surface area contributed by atoms with Crippen molar-refractivity contribution in [3.63, 3.8) is 0 Å². The third-order valence-corrected chi connectivity index (χ3v) is 6.03. The molecule has 0 unspecified atom stereocenters. The minimum absolute atomic E-state index is 0.00256. The van der Waals surface area contributed by atoms with Crippen LogP contribution in [0.5, 0.6) is 5.75 Å². The monoisotopic (exact) mass is 477 g/mol. The molecule has 0 spiro atoms. The number of nitrogens with zero attached hydrogens (tertiary/aromatic N) is 3. The summed E-state index contributed by atoms with van der Waals surface area (Å²) >= 11 is 1.31. The normalized spacial score (nSPS) is 10.7. The summed E-state index contributed by atoms with van der Waals surface area (Å²) in [5, 5.41) is 26.1. The number of nitrogen functional groups attached to an aromatic ring is 1. The Balaban J connectivity index is 1.45. The van der Waals surface area contributed by atoms with Crippen LogP contribution in [0.25, 0.3) is 10.9 Å². The number of hydrogen-bond acceptors (Lipinski definition) is 9. The highest BCUT2D eigenvalue weighted by Crippen LogP contribution is 2.37. The first-order chi connectivity index (χ1) is 16.3. The Morgan fingerprint density at radius 3 is 2.41 bits per heavy atom. The van der Waals surface area contributed by atoms with Crippen LogP contribution in [0.3, 0.4) is 0 Å². The Kier molecular flexibility index (Phi) is 6.46. The number of benzene rings is 3. The number of hydrogen-bond donors (Lipinski definition) is 2. The molecular weight excluding hydrogens is 458 g/mol. The molecule has 0 saturated heterocycles. The van der Waals surface area contributed by atoms with E-state index < -0.39 is 9.85 Å². The standard InChI is InChI=1S/C23H19N5O5S/c1-14-2-5-16(6-3-14)34-21-10-4-15(12-20(21)28(31)32)33-13-25-22-11-7-17-18(26-22)8-9-19(23(17)24)27(29)30/h2-12H,13,24H2,1H3,(H,25,26). The van der Waals surface area contributed by atoms with E-state index in [-0.39, 0.29) is 23.8 Å². The van der Waals surface area contributed by atoms with Crippen molar-refractivity contribution < 1.29 is 14.6 Å². The zero-order chi connectivity index (χ0) is 24.2. The molecule has 3 N–H and O–H groups in total. The topological polar surface area (TPSA) is 146 Å². The summed E-state index contributed by atoms with van der Waals surface area (Å²) in [5.41, 5.74) is 7.29. The lowest BCUT2D eigenvalue weighted by Crippen LogP contribution is -2.10. The second-order valence-corrected chi connectivity index (χ2v) is 8.40. The number of nitrogens with two attached hydrogens (primary N) is 1. The molecular formula is C23H19N5O5S. The van der Waals surface area contributed by atoms with Crippen LogP contribution in [0.2, 0.25) is 0 Å². The minimum atomic E-state index is -0.543. The fourth-order valence-electron chi connectivity index (χ4n) is 3.22. The summed E-state index contributed by atoms with van der Waals surface area (Å²) in [6, 6.07) is 18.5. The van der Waals surface area contributed by atoms with E-state index in [0.29, 0.717) is 27.4 Å². The SMILES string of the molecule is Cc1ccc(Sc2ccc(OCNc3ccc4c(N)c([N+](=O)[O-])ccc4n3)cc2[N+](=O)[O-])cc1. The summed E-state index contributed by atoms with van der Waals surface area (Å²) in [6.07, 6.45) is 0. The van der Waals surface area contributed by atoms with Crippen molar-refractivity contribution in [3.8, 4) is 5.75 Å². The van der Waals surface area contributed by atoms with Crippen LogP contribution in [0.15, 0.2) is 76.5 Å². The van der Waals surface area contributed by atoms with Crippen LogP contribution in [0.1, 0.15) is 5.56 Å². The first-order valence-corrected chi connectivity index (χ1v) is 10.9. The van der Waals surface area contributed by atoms with Gasteiger partial charge < -0.3 is 15.8 Å². The molecule has 11 heteroatoms. The Labute approximate surface area is 198 Å². The second kappa shape index (κ2) is 9.63. The van der Waals surface area contributed by atoms with E-state index in [1.807, 2.05) is 31.2 Å². The highest BCUT2D eigenvalue weighted by molar-refractivity contribution is 7.99. The third-order valence-electron chi connectivity index (χ3n) is 4.95. The van der Waals surface area contributed by atoms with Gasteiger partial charge in [0.25, 0.3) is 11.4 Å². The lowest BCUT2D eigenvalue weighted by atomic mass is 10.1. The first kappa shape index (κ1) is 22.8. The third kappa shape index (κ3) is 4.99. The predicted molar refractivity (Wildman–Crippen MR) is 130 cm³/mol. The molecule has 4 rings (SSSR count). The summed E-state index contributed by atoms with van der Waals surface area (Å²) in [5.74, 6) is 0.787. The number of ether oxygens (including phenoxy) is 1. The minimum Gasteiger partial charge on any atom is -0.473 e. The average molecular weight is 478 g/mol. The van der Waals surface area contributed by atoms with E-state index >= 15 is 0 Å². The van der Waals surface area contributed by atoms with Gasteiger partial charge in [-0.15, -0.1) is 0 Å². The van der Waals surface area contributed by atoms with Gasteiger partial charge in [-0.05, 0) is 49.4 Å². The maximum absolute atomic E-state index is 11.6. The van der Waals surface area contributed by atoms with Crippen LogP contribution < -0.4 is 15.8 Å². The van der Waals surface area contributed by atoms with Gasteiger partial charge in [0.2, 0.25) is 0 Å². The molecule has 172 valence electrons. The molecule has 0 bridgehead atoms. The van der Waals surface area contributed by atoms with Gasteiger partial charge in [-0.3, -0.25) is 20.2 Å². The summed E-state index contributed by atoms with van der Waals surface area (Å²) in [6.45, 7) is 1.98. The maximum Gasteiger partial charge on any atom is 0.292 e. The summed E-state index contributed by atoms with van der Waals surface area (Å²) in [4.78, 5) is 27.4. The number of aromatic nitrogens is 1. The number of nitro benzene ring substituents is 2. The van der Waals surface area contributed by atoms with E-state index in [1.165, 1.54) is 30.0 Å². The van der Waals surface area contributed by atoms with Gasteiger partial charge in [0.15, 0.2) is 6.73 Å². The molecule has 0 fully saturated rings. The lowest BCUT2D eigenvalue weighted by Gasteiger charge is -2.11. The van der Waals surface area contributed by atoms with Crippen LogP contribution in [-0.2, 0) is 0 Å². The average Bonchev–Trinajstić information content (AvgIpc) is 2.81. The van der Waals surface area contributed by atoms with E-state index in [9.17, 15) is 20.2 Å². The largest absolute Gasteiger partial charge is 0.473 e. The molecule has 3 aromatic carbocycles. The summed E-state index contributed by atoms with van der Waals surface area (Å²) < 4.78 is 5.63. The van der Waals surface area contributed by atoms with Crippen LogP contribution in [0.4, 0.5) is 22.9 Å². The Morgan fingerprint density at radius 2 is 1.71 bits per heavy atom. The number of fused-ring (bicyclic) bond motifs is 1. The van der Waals surface area contributed by atoms with Gasteiger partial charge in [0.1, 0.15) is 17.3 Å². The van der Waals surface area contributed by atoms with Gasteiger partial charge in [0.05, 0.1) is 26.3 Å². The molecule has 0 aliphatic rings. The number of pyridine rings is 1. The molecule has 34 heavy (non-hydrogen) atoms. The first-order valence-electron chi connectivity index (χ1n) is 10.0. The van der Waals surface area contributed by atoms with Crippen molar-refractivity contribution >= 4 is 45.5 Å². The van der Waals surface area contributed by atoms with Gasteiger partial charge in [-0.2, -0.15) is 0 Å². The van der Waals surface area contributed by atoms with Crippen molar-refractivity contribution in [3.05, 3.63) is 92.5 Å². The Bertz CT molecular complexity index is 1390. The number of rotatable bonds is 8. The van der Waals surface area contributed by atoms with Crippen LogP contribution in [0, 0.1) is 27.2 Å². The molecule has 1 aromatic heterocycles. The highest BCUT2D eigenvalue weighted by Gasteiger charge is 2.17. The highest BCUT2D eigenvalue weighted by atomic mass is 32.2. The molecule has 10 nitrogen and oxygen atoms in total. The van der Waals surface area contributed by atoms with Crippen molar-refractivity contribution in [2.24, 2.45) is 0 Å². The maximum atomic E-state index is 11.6. The number of nitrogens with one attached hydrogen (secondary N) is 1. The molecule has 0 saturated carbocycles. The van der Waals surface area contributed by atoms with Gasteiger partial charge in [-0.25, -0.2) is 4.98 Å². The number of anilines is 2. The Hall–Kier alpha value is -4.38. The molecule has 0 aliphatic heterocycles. The number of aryl methyl sites for hydroxylation is 1. The van der Waals surface area contributed by atoms with Crippen LogP contribution >= 0.6 is 11.8 Å². The van der Waals surface area contributed by atoms with Gasteiger partial charge in [0, 0.05) is 16.3 Å². The molecule has 1 heterocycles. The molecule has 0 aliphatic carbocycles. The Morgan fingerprint density at radius 1 is 0.971 bits per heavy atom. The van der Waals surface area contributed by atoms with Crippen molar-refractivity contribution in [2.75, 3.05) is 17.8 Å². The van der Waals surface area contributed by atoms with E-state index in [2.05, 4.69) is 10.3 Å². The zero-order valence-electron chi connectivity index (χ0n) is 17.9. The number of nitro groups is 2. The van der Waals surface area contributed by atoms with Crippen molar-refractivity contribution in [1.82, 2.24) is 4.98 Å². The van der Waals surface area contributed by atoms with E-state index in [4.69, 9.17) is 10.5 Å². The smallest absolute Gasteiger partial charge is 0.292 e. The zero-order valence-corrected chi connectivity index (χ0v) is 18.7. The summed E-state index contributed by atoms with van der Waals surface area (Å²) in [7, 11) is 0. The lowest BCUT2D eigenvalue weighted by molar-refractivity contribution is -0.387. The van der Waals surface area contributed by atoms with Crippen molar-refractivity contribution in [1.29, 1.82) is 0 Å². The van der Waals surface area contributed by atoms with Gasteiger partial charge in [-0.1, -0.05) is 29.5 Å². The molecule has 0 atom stereocenters. The second-order valence-electron chi connectivity index (χ2n) is 7.29.